The zero-order valence-electron chi connectivity index (χ0n) is 29.4. The standard InChI is InChI=1S/C52H40/c1-2-10-34(11-3-1)35-18-20-37(21-19-35)49-43-14-6-8-16-45(43)50(46-17-9-7-15-44(46)49)38-23-24-42-47-25-22-36-12-4-5-13-41(36)51(47)52(48(42)31-38)39-27-32-26-33(29-39)30-40(52)28-32/h1-25,31-33,39-40H,26-30H2. The summed E-state index contributed by atoms with van der Waals surface area (Å²) in [6, 6.07) is 60.0. The molecule has 0 N–H and O–H groups in total. The molecule has 0 atom stereocenters. The van der Waals surface area contributed by atoms with Crippen molar-refractivity contribution in [3.8, 4) is 44.5 Å². The van der Waals surface area contributed by atoms with Crippen molar-refractivity contribution in [2.45, 2.75) is 37.5 Å². The number of hydrogen-bond acceptors (Lipinski definition) is 0. The third-order valence-electron chi connectivity index (χ3n) is 14.0. The van der Waals surface area contributed by atoms with Crippen molar-refractivity contribution < 1.29 is 0 Å². The molecule has 0 unspecified atom stereocenters. The second-order valence-corrected chi connectivity index (χ2v) is 16.4. The molecule has 4 saturated carbocycles. The fourth-order valence-electron chi connectivity index (χ4n) is 12.3. The van der Waals surface area contributed by atoms with Gasteiger partial charge < -0.3 is 0 Å². The molecule has 1 spiro atoms. The molecule has 0 aromatic heterocycles. The van der Waals surface area contributed by atoms with Crippen LogP contribution in [0.15, 0.2) is 158 Å². The van der Waals surface area contributed by atoms with Gasteiger partial charge in [0.25, 0.3) is 0 Å². The maximum Gasteiger partial charge on any atom is 0.0278 e. The average Bonchev–Trinajstić information content (AvgIpc) is 3.49. The van der Waals surface area contributed by atoms with Crippen molar-refractivity contribution in [3.05, 3.63) is 169 Å². The van der Waals surface area contributed by atoms with Crippen LogP contribution in [-0.2, 0) is 5.41 Å². The summed E-state index contributed by atoms with van der Waals surface area (Å²) in [7, 11) is 0. The molecule has 5 aliphatic rings. The molecule has 4 fully saturated rings. The Morgan fingerprint density at radius 1 is 0.365 bits per heavy atom. The SMILES string of the molecule is c1ccc(-c2ccc(-c3c4ccccc4c(-c4ccc5c(c4)C4(c6c-5ccc5ccccc65)C5CC6CC(C5)CC4C6)c4ccccc34)cc2)cc1. The van der Waals surface area contributed by atoms with Gasteiger partial charge in [-0.05, 0) is 150 Å². The van der Waals surface area contributed by atoms with E-state index in [1.165, 1.54) is 109 Å². The van der Waals surface area contributed by atoms with Crippen LogP contribution in [-0.4, -0.2) is 0 Å². The molecular formula is C52H40. The van der Waals surface area contributed by atoms with E-state index in [2.05, 4.69) is 158 Å². The summed E-state index contributed by atoms with van der Waals surface area (Å²) in [5, 5.41) is 8.20. The van der Waals surface area contributed by atoms with Gasteiger partial charge in [0.1, 0.15) is 0 Å². The highest BCUT2D eigenvalue weighted by atomic mass is 14.6. The Balaban J connectivity index is 1.10. The van der Waals surface area contributed by atoms with Crippen LogP contribution in [0.2, 0.25) is 0 Å². The fourth-order valence-corrected chi connectivity index (χ4v) is 12.3. The van der Waals surface area contributed by atoms with Crippen LogP contribution in [0, 0.1) is 23.7 Å². The second-order valence-electron chi connectivity index (χ2n) is 16.4. The molecule has 52 heavy (non-hydrogen) atoms. The Hall–Kier alpha value is -5.46. The van der Waals surface area contributed by atoms with E-state index < -0.39 is 0 Å². The maximum atomic E-state index is 2.69. The lowest BCUT2D eigenvalue weighted by Crippen LogP contribution is -2.55. The van der Waals surface area contributed by atoms with E-state index in [0.29, 0.717) is 0 Å². The molecule has 4 bridgehead atoms. The van der Waals surface area contributed by atoms with Crippen molar-refractivity contribution in [2.75, 3.05) is 0 Å². The first-order chi connectivity index (χ1) is 25.8. The third kappa shape index (κ3) is 3.88. The Morgan fingerprint density at radius 3 is 1.48 bits per heavy atom. The highest BCUT2D eigenvalue weighted by Gasteiger charge is 2.62. The molecule has 13 rings (SSSR count). The molecular weight excluding hydrogens is 625 g/mol. The Labute approximate surface area is 305 Å². The van der Waals surface area contributed by atoms with Gasteiger partial charge in [0.15, 0.2) is 0 Å². The molecule has 8 aromatic carbocycles. The van der Waals surface area contributed by atoms with Crippen LogP contribution in [0.25, 0.3) is 76.8 Å². The molecule has 5 aliphatic carbocycles. The minimum Gasteiger partial charge on any atom is -0.0622 e. The largest absolute Gasteiger partial charge is 0.0622 e. The summed E-state index contributed by atoms with van der Waals surface area (Å²) in [5.41, 5.74) is 14.2. The van der Waals surface area contributed by atoms with Crippen LogP contribution in [0.5, 0.6) is 0 Å². The van der Waals surface area contributed by atoms with Crippen molar-refractivity contribution in [1.82, 2.24) is 0 Å². The quantitative estimate of drug-likeness (QED) is 0.165. The van der Waals surface area contributed by atoms with Crippen molar-refractivity contribution in [1.29, 1.82) is 0 Å². The zero-order chi connectivity index (χ0) is 34.0. The first kappa shape index (κ1) is 29.2. The summed E-state index contributed by atoms with van der Waals surface area (Å²) in [6.07, 6.45) is 7.04. The first-order valence-electron chi connectivity index (χ1n) is 19.5. The number of benzene rings is 8. The minimum absolute atomic E-state index is 0.0982. The monoisotopic (exact) mass is 664 g/mol. The molecule has 0 amide bonds. The maximum absolute atomic E-state index is 2.69. The Kier molecular flexibility index (Phi) is 6.04. The second kappa shape index (κ2) is 10.8. The van der Waals surface area contributed by atoms with E-state index in [0.717, 1.165) is 23.7 Å². The molecule has 0 heteroatoms. The summed E-state index contributed by atoms with van der Waals surface area (Å²) < 4.78 is 0. The normalized spacial score (nSPS) is 23.8. The van der Waals surface area contributed by atoms with Crippen molar-refractivity contribution in [2.24, 2.45) is 23.7 Å². The van der Waals surface area contributed by atoms with Gasteiger partial charge in [-0.15, -0.1) is 0 Å². The predicted molar refractivity (Wildman–Crippen MR) is 219 cm³/mol. The van der Waals surface area contributed by atoms with Gasteiger partial charge in [-0.25, -0.2) is 0 Å². The van der Waals surface area contributed by atoms with Gasteiger partial charge in [0.2, 0.25) is 0 Å². The third-order valence-corrected chi connectivity index (χ3v) is 14.0. The highest BCUT2D eigenvalue weighted by Crippen LogP contribution is 2.70. The lowest BCUT2D eigenvalue weighted by molar-refractivity contribution is -0.0393. The van der Waals surface area contributed by atoms with Crippen molar-refractivity contribution >= 4 is 32.3 Å². The van der Waals surface area contributed by atoms with E-state index in [1.54, 1.807) is 11.1 Å². The molecule has 0 radical (unpaired) electrons. The lowest BCUT2D eigenvalue weighted by Gasteiger charge is -2.61. The molecule has 0 saturated heterocycles. The average molecular weight is 665 g/mol. The van der Waals surface area contributed by atoms with E-state index in [9.17, 15) is 0 Å². The number of rotatable bonds is 3. The molecule has 248 valence electrons. The number of fused-ring (bicyclic) bond motifs is 7. The summed E-state index contributed by atoms with van der Waals surface area (Å²) >= 11 is 0. The van der Waals surface area contributed by atoms with Crippen molar-refractivity contribution in [3.63, 3.8) is 0 Å². The van der Waals surface area contributed by atoms with E-state index in [-0.39, 0.29) is 5.41 Å². The summed E-state index contributed by atoms with van der Waals surface area (Å²) in [5.74, 6) is 3.28. The first-order valence-corrected chi connectivity index (χ1v) is 19.5. The zero-order valence-corrected chi connectivity index (χ0v) is 29.4. The summed E-state index contributed by atoms with van der Waals surface area (Å²) in [4.78, 5) is 0. The van der Waals surface area contributed by atoms with Gasteiger partial charge in [-0.2, -0.15) is 0 Å². The minimum atomic E-state index is 0.0982. The van der Waals surface area contributed by atoms with Gasteiger partial charge >= 0.3 is 0 Å². The van der Waals surface area contributed by atoms with Gasteiger partial charge in [-0.1, -0.05) is 152 Å². The predicted octanol–water partition coefficient (Wildman–Crippen LogP) is 13.9. The fraction of sp³-hybridized carbons (Fsp3) is 0.192. The Bertz CT molecular complexity index is 2650. The van der Waals surface area contributed by atoms with Crippen LogP contribution in [0.1, 0.15) is 43.2 Å². The van der Waals surface area contributed by atoms with E-state index in [4.69, 9.17) is 0 Å². The van der Waals surface area contributed by atoms with Gasteiger partial charge in [0.05, 0.1) is 0 Å². The van der Waals surface area contributed by atoms with E-state index in [1.807, 2.05) is 0 Å². The topological polar surface area (TPSA) is 0 Å². The molecule has 0 aliphatic heterocycles. The van der Waals surface area contributed by atoms with Crippen LogP contribution in [0.4, 0.5) is 0 Å². The summed E-state index contributed by atoms with van der Waals surface area (Å²) in [6.45, 7) is 0. The lowest BCUT2D eigenvalue weighted by atomic mass is 9.43. The smallest absolute Gasteiger partial charge is 0.0278 e. The Morgan fingerprint density at radius 2 is 0.846 bits per heavy atom. The van der Waals surface area contributed by atoms with Gasteiger partial charge in [-0.3, -0.25) is 0 Å². The van der Waals surface area contributed by atoms with E-state index >= 15 is 0 Å². The molecule has 0 nitrogen and oxygen atoms in total. The molecule has 8 aromatic rings. The van der Waals surface area contributed by atoms with Gasteiger partial charge in [0, 0.05) is 5.41 Å². The number of hydrogen-bond donors (Lipinski definition) is 0. The highest BCUT2D eigenvalue weighted by molar-refractivity contribution is 6.21. The van der Waals surface area contributed by atoms with Crippen LogP contribution < -0.4 is 0 Å². The molecule has 0 heterocycles. The van der Waals surface area contributed by atoms with Crippen LogP contribution >= 0.6 is 0 Å². The van der Waals surface area contributed by atoms with Crippen LogP contribution in [0.3, 0.4) is 0 Å².